The third-order valence-corrected chi connectivity index (χ3v) is 8.40. The third-order valence-electron chi connectivity index (χ3n) is 8.40. The van der Waals surface area contributed by atoms with Gasteiger partial charge in [-0.2, -0.15) is 0 Å². The second-order valence-corrected chi connectivity index (χ2v) is 10.6. The number of aliphatic carboxylic acids is 1. The molecule has 0 amide bonds. The van der Waals surface area contributed by atoms with Gasteiger partial charge in [-0.25, -0.2) is 4.98 Å². The van der Waals surface area contributed by atoms with Gasteiger partial charge in [0.05, 0.1) is 17.6 Å². The van der Waals surface area contributed by atoms with E-state index in [1.165, 1.54) is 62.7 Å². The largest absolute Gasteiger partial charge is 0.480 e. The Morgan fingerprint density at radius 2 is 1.60 bits per heavy atom. The molecule has 2 N–H and O–H groups in total. The Morgan fingerprint density at radius 1 is 0.943 bits per heavy atom. The van der Waals surface area contributed by atoms with Crippen LogP contribution in [-0.4, -0.2) is 68.5 Å². The number of aliphatic hydroxyl groups is 1. The number of carbonyl (C=O) groups is 1. The lowest BCUT2D eigenvalue weighted by atomic mass is 9.89. The van der Waals surface area contributed by atoms with Gasteiger partial charge in [0.25, 0.3) is 5.56 Å². The molecule has 2 saturated heterocycles. The summed E-state index contributed by atoms with van der Waals surface area (Å²) in [5.41, 5.74) is 1.25. The van der Waals surface area contributed by atoms with E-state index in [1.54, 1.807) is 0 Å². The Labute approximate surface area is 206 Å². The van der Waals surface area contributed by atoms with Gasteiger partial charge in [0, 0.05) is 30.7 Å². The van der Waals surface area contributed by atoms with Crippen LogP contribution in [0.4, 0.5) is 5.82 Å². The molecular formula is C27H38N4O4. The first kappa shape index (κ1) is 24.3. The van der Waals surface area contributed by atoms with Crippen molar-refractivity contribution < 1.29 is 15.0 Å². The van der Waals surface area contributed by atoms with Gasteiger partial charge in [-0.05, 0) is 50.7 Å². The van der Waals surface area contributed by atoms with Crippen molar-refractivity contribution in [3.8, 4) is 0 Å². The van der Waals surface area contributed by atoms with Crippen LogP contribution < -0.4 is 10.5 Å². The highest BCUT2D eigenvalue weighted by atomic mass is 16.4. The van der Waals surface area contributed by atoms with Crippen molar-refractivity contribution in [2.45, 2.75) is 94.8 Å². The maximum atomic E-state index is 13.9. The number of hydrogen-bond acceptors (Lipinski definition) is 6. The monoisotopic (exact) mass is 482 g/mol. The number of anilines is 1. The Hall–Kier alpha value is -2.45. The van der Waals surface area contributed by atoms with E-state index in [9.17, 15) is 19.8 Å². The Bertz CT molecular complexity index is 1080. The van der Waals surface area contributed by atoms with Crippen molar-refractivity contribution >= 4 is 22.8 Å². The van der Waals surface area contributed by atoms with E-state index in [-0.39, 0.29) is 37.1 Å². The molecule has 8 nitrogen and oxygen atoms in total. The highest BCUT2D eigenvalue weighted by molar-refractivity contribution is 5.78. The number of hydrogen-bond donors (Lipinski definition) is 2. The molecule has 8 heteroatoms. The second-order valence-electron chi connectivity index (χ2n) is 10.6. The smallest absolute Gasteiger partial charge is 0.323 e. The first-order valence-electron chi connectivity index (χ1n) is 13.4. The van der Waals surface area contributed by atoms with E-state index in [0.717, 1.165) is 18.4 Å². The van der Waals surface area contributed by atoms with Crippen molar-refractivity contribution in [2.75, 3.05) is 24.6 Å². The summed E-state index contributed by atoms with van der Waals surface area (Å²) in [5.74, 6) is -0.931. The maximum absolute atomic E-state index is 13.9. The molecule has 2 aliphatic heterocycles. The van der Waals surface area contributed by atoms with Gasteiger partial charge in [-0.3, -0.25) is 14.5 Å². The highest BCUT2D eigenvalue weighted by Gasteiger charge is 2.44. The SMILES string of the molecule is O=C(O)CN(CCO)c1nc2ccccc2n(C2CC3CCC(C2)N3C2CCCCCCC2)c1=O. The quantitative estimate of drug-likeness (QED) is 0.623. The van der Waals surface area contributed by atoms with E-state index in [2.05, 4.69) is 9.88 Å². The van der Waals surface area contributed by atoms with Gasteiger partial charge in [0.15, 0.2) is 5.82 Å². The highest BCUT2D eigenvalue weighted by Crippen LogP contribution is 2.44. The molecule has 0 spiro atoms. The minimum absolute atomic E-state index is 0.0538. The summed E-state index contributed by atoms with van der Waals surface area (Å²) in [6.07, 6.45) is 13.6. The van der Waals surface area contributed by atoms with Gasteiger partial charge in [-0.1, -0.05) is 44.2 Å². The lowest BCUT2D eigenvalue weighted by molar-refractivity contribution is -0.135. The summed E-state index contributed by atoms with van der Waals surface area (Å²) in [6.45, 7) is -0.560. The van der Waals surface area contributed by atoms with Crippen LogP contribution >= 0.6 is 0 Å². The molecule has 3 aliphatic rings. The fraction of sp³-hybridized carbons (Fsp3) is 0.667. The molecule has 2 aromatic rings. The summed E-state index contributed by atoms with van der Waals surface area (Å²) >= 11 is 0. The van der Waals surface area contributed by atoms with Crippen LogP contribution in [0.5, 0.6) is 0 Å². The number of rotatable bonds is 7. The average Bonchev–Trinajstić information content (AvgIpc) is 3.07. The van der Waals surface area contributed by atoms with Crippen LogP contribution in [0.1, 0.15) is 76.7 Å². The number of benzene rings is 1. The van der Waals surface area contributed by atoms with Crippen LogP contribution in [0, 0.1) is 0 Å². The summed E-state index contributed by atoms with van der Waals surface area (Å²) < 4.78 is 1.89. The van der Waals surface area contributed by atoms with Crippen molar-refractivity contribution in [3.05, 3.63) is 34.6 Å². The number of carboxylic acid groups (broad SMARTS) is 1. The second kappa shape index (κ2) is 10.7. The standard InChI is InChI=1S/C27H38N4O4/c32-15-14-29(18-25(33)34)26-27(35)31(24-11-7-6-10-23(24)28-26)22-16-20-12-13-21(17-22)30(20)19-8-4-2-1-3-5-9-19/h6-7,10-11,19-22,32H,1-5,8-9,12-18H2,(H,33,34). The van der Waals surface area contributed by atoms with Crippen LogP contribution in [-0.2, 0) is 4.79 Å². The normalized spacial score (nSPS) is 25.9. The topological polar surface area (TPSA) is 98.9 Å². The number of aliphatic hydroxyl groups excluding tert-OH is 1. The minimum atomic E-state index is -1.05. The summed E-state index contributed by atoms with van der Waals surface area (Å²) in [4.78, 5) is 34.1. The van der Waals surface area contributed by atoms with Crippen LogP contribution in [0.15, 0.2) is 29.1 Å². The number of fused-ring (bicyclic) bond motifs is 3. The zero-order valence-corrected chi connectivity index (χ0v) is 20.5. The molecule has 2 atom stereocenters. The molecule has 5 rings (SSSR count). The summed E-state index contributed by atoms with van der Waals surface area (Å²) in [6, 6.07) is 9.39. The third kappa shape index (κ3) is 4.96. The van der Waals surface area contributed by atoms with Gasteiger partial charge >= 0.3 is 5.97 Å². The van der Waals surface area contributed by atoms with Crippen LogP contribution in [0.25, 0.3) is 11.0 Å². The van der Waals surface area contributed by atoms with E-state index in [0.29, 0.717) is 23.6 Å². The molecule has 35 heavy (non-hydrogen) atoms. The molecule has 2 unspecified atom stereocenters. The predicted molar refractivity (Wildman–Crippen MR) is 136 cm³/mol. The molecule has 1 saturated carbocycles. The van der Waals surface area contributed by atoms with E-state index in [1.807, 2.05) is 28.8 Å². The molecule has 3 fully saturated rings. The van der Waals surface area contributed by atoms with Crippen LogP contribution in [0.2, 0.25) is 0 Å². The number of piperidine rings is 1. The molecule has 0 radical (unpaired) electrons. The predicted octanol–water partition coefficient (Wildman–Crippen LogP) is 3.56. The summed E-state index contributed by atoms with van der Waals surface area (Å²) in [5, 5.41) is 18.9. The first-order valence-corrected chi connectivity index (χ1v) is 13.4. The van der Waals surface area contributed by atoms with Crippen molar-refractivity contribution in [1.29, 1.82) is 0 Å². The molecule has 1 aliphatic carbocycles. The van der Waals surface area contributed by atoms with E-state index < -0.39 is 5.97 Å². The lowest BCUT2D eigenvalue weighted by Gasteiger charge is -2.45. The van der Waals surface area contributed by atoms with Crippen molar-refractivity contribution in [3.63, 3.8) is 0 Å². The fourth-order valence-electron chi connectivity index (χ4n) is 6.98. The van der Waals surface area contributed by atoms with Crippen LogP contribution in [0.3, 0.4) is 0 Å². The lowest BCUT2D eigenvalue weighted by Crippen LogP contribution is -2.50. The number of carboxylic acids is 1. The number of nitrogens with zero attached hydrogens (tertiary/aromatic N) is 4. The molecule has 1 aromatic carbocycles. The first-order chi connectivity index (χ1) is 17.1. The van der Waals surface area contributed by atoms with E-state index in [4.69, 9.17) is 0 Å². The van der Waals surface area contributed by atoms with Gasteiger partial charge in [0.2, 0.25) is 0 Å². The Kier molecular flexibility index (Phi) is 7.39. The minimum Gasteiger partial charge on any atom is -0.480 e. The Balaban J connectivity index is 1.49. The van der Waals surface area contributed by atoms with Gasteiger partial charge < -0.3 is 19.7 Å². The maximum Gasteiger partial charge on any atom is 0.323 e. The molecular weight excluding hydrogens is 444 g/mol. The number of para-hydroxylation sites is 2. The van der Waals surface area contributed by atoms with Gasteiger partial charge in [-0.15, -0.1) is 0 Å². The Morgan fingerprint density at radius 3 is 2.26 bits per heavy atom. The fourth-order valence-corrected chi connectivity index (χ4v) is 6.98. The average molecular weight is 483 g/mol. The zero-order valence-electron chi connectivity index (χ0n) is 20.5. The number of aromatic nitrogens is 2. The van der Waals surface area contributed by atoms with Crippen molar-refractivity contribution in [1.82, 2.24) is 14.5 Å². The molecule has 190 valence electrons. The summed E-state index contributed by atoms with van der Waals surface area (Å²) in [7, 11) is 0. The molecule has 2 bridgehead atoms. The molecule has 3 heterocycles. The zero-order chi connectivity index (χ0) is 24.4. The van der Waals surface area contributed by atoms with Gasteiger partial charge in [0.1, 0.15) is 6.54 Å². The molecule has 1 aromatic heterocycles. The van der Waals surface area contributed by atoms with Crippen molar-refractivity contribution in [2.24, 2.45) is 0 Å². The van der Waals surface area contributed by atoms with E-state index >= 15 is 0 Å².